The van der Waals surface area contributed by atoms with Crippen LogP contribution in [0.2, 0.25) is 0 Å². The van der Waals surface area contributed by atoms with Gasteiger partial charge in [-0.2, -0.15) is 0 Å². The van der Waals surface area contributed by atoms with Gasteiger partial charge in [0.2, 0.25) is 0 Å². The first-order chi connectivity index (χ1) is 6.49. The molecule has 0 radical (unpaired) electrons. The molecular formula is C11H18N2O. The Kier molecular flexibility index (Phi) is 3.01. The first-order valence-electron chi connectivity index (χ1n) is 4.83. The maximum Gasteiger partial charge on any atom is 0.123 e. The Hall–Kier alpha value is -1.22. The second-order valence-electron chi connectivity index (χ2n) is 3.67. The highest BCUT2D eigenvalue weighted by Crippen LogP contribution is 2.33. The lowest BCUT2D eigenvalue weighted by atomic mass is 9.97. The van der Waals surface area contributed by atoms with Crippen LogP contribution >= 0.6 is 0 Å². The molecular weight excluding hydrogens is 176 g/mol. The number of nitrogens with two attached hydrogens (primary N) is 2. The minimum absolute atomic E-state index is 0.142. The van der Waals surface area contributed by atoms with Gasteiger partial charge >= 0.3 is 0 Å². The lowest BCUT2D eigenvalue weighted by molar-refractivity contribution is 0.455. The molecule has 14 heavy (non-hydrogen) atoms. The summed E-state index contributed by atoms with van der Waals surface area (Å²) in [5, 5.41) is 9.87. The van der Waals surface area contributed by atoms with E-state index in [1.54, 1.807) is 6.07 Å². The molecule has 0 aliphatic rings. The Morgan fingerprint density at radius 1 is 1.36 bits per heavy atom. The smallest absolute Gasteiger partial charge is 0.123 e. The third-order valence-electron chi connectivity index (χ3n) is 2.77. The number of benzene rings is 1. The summed E-state index contributed by atoms with van der Waals surface area (Å²) in [4.78, 5) is 0. The Bertz CT molecular complexity index is 348. The van der Waals surface area contributed by atoms with Crippen LogP contribution < -0.4 is 11.5 Å². The molecule has 3 nitrogen and oxygen atoms in total. The molecule has 5 N–H and O–H groups in total. The zero-order valence-electron chi connectivity index (χ0n) is 8.96. The van der Waals surface area contributed by atoms with Crippen LogP contribution in [-0.4, -0.2) is 5.11 Å². The minimum atomic E-state index is -0.142. The van der Waals surface area contributed by atoms with Gasteiger partial charge in [0.1, 0.15) is 5.75 Å². The fourth-order valence-corrected chi connectivity index (χ4v) is 1.46. The van der Waals surface area contributed by atoms with E-state index in [4.69, 9.17) is 11.5 Å². The summed E-state index contributed by atoms with van der Waals surface area (Å²) in [7, 11) is 0. The van der Waals surface area contributed by atoms with Crippen LogP contribution in [0.15, 0.2) is 6.07 Å². The van der Waals surface area contributed by atoms with Gasteiger partial charge in [0.15, 0.2) is 0 Å². The van der Waals surface area contributed by atoms with Gasteiger partial charge in [0, 0.05) is 17.3 Å². The van der Waals surface area contributed by atoms with Crippen LogP contribution in [0.4, 0.5) is 5.69 Å². The normalized spacial score (nSPS) is 12.9. The monoisotopic (exact) mass is 194 g/mol. The third kappa shape index (κ3) is 1.68. The lowest BCUT2D eigenvalue weighted by Crippen LogP contribution is -2.10. The maximum absolute atomic E-state index is 9.87. The van der Waals surface area contributed by atoms with E-state index in [1.807, 2.05) is 20.8 Å². The van der Waals surface area contributed by atoms with Gasteiger partial charge in [0.25, 0.3) is 0 Å². The summed E-state index contributed by atoms with van der Waals surface area (Å²) in [6.07, 6.45) is 0.787. The number of rotatable bonds is 2. The number of phenols is 1. The number of nitrogen functional groups attached to an aromatic ring is 1. The number of anilines is 1. The van der Waals surface area contributed by atoms with E-state index in [0.717, 1.165) is 23.1 Å². The van der Waals surface area contributed by atoms with Crippen molar-refractivity contribution in [1.82, 2.24) is 0 Å². The van der Waals surface area contributed by atoms with Gasteiger partial charge in [-0.3, -0.25) is 0 Å². The average molecular weight is 194 g/mol. The standard InChI is InChI=1S/C11H18N2O/c1-4-9(12)8-5-10(13)6(2)7(3)11(8)14/h5,9,14H,4,12-13H2,1-3H3. The van der Waals surface area contributed by atoms with Crippen molar-refractivity contribution in [3.63, 3.8) is 0 Å². The topological polar surface area (TPSA) is 72.3 Å². The molecule has 1 aromatic carbocycles. The molecule has 0 saturated carbocycles. The van der Waals surface area contributed by atoms with Crippen molar-refractivity contribution in [2.24, 2.45) is 5.73 Å². The predicted molar refractivity (Wildman–Crippen MR) is 59.2 cm³/mol. The Morgan fingerprint density at radius 3 is 2.43 bits per heavy atom. The molecule has 0 spiro atoms. The zero-order valence-corrected chi connectivity index (χ0v) is 8.96. The molecule has 1 aromatic rings. The van der Waals surface area contributed by atoms with E-state index in [9.17, 15) is 5.11 Å². The predicted octanol–water partition coefficient (Wildman–Crippen LogP) is 2.00. The molecule has 0 aromatic heterocycles. The summed E-state index contributed by atoms with van der Waals surface area (Å²) < 4.78 is 0. The van der Waals surface area contributed by atoms with Crippen LogP contribution in [0, 0.1) is 13.8 Å². The molecule has 0 fully saturated rings. The number of phenolic OH excluding ortho intramolecular Hbond substituents is 1. The van der Waals surface area contributed by atoms with E-state index in [0.29, 0.717) is 5.69 Å². The average Bonchev–Trinajstić information content (AvgIpc) is 2.19. The molecule has 78 valence electrons. The number of hydrogen-bond donors (Lipinski definition) is 3. The summed E-state index contributed by atoms with van der Waals surface area (Å²) in [5.41, 5.74) is 14.9. The summed E-state index contributed by atoms with van der Waals surface area (Å²) in [6.45, 7) is 5.73. The maximum atomic E-state index is 9.87. The van der Waals surface area contributed by atoms with E-state index in [2.05, 4.69) is 0 Å². The van der Waals surface area contributed by atoms with Crippen molar-refractivity contribution in [2.75, 3.05) is 5.73 Å². The highest BCUT2D eigenvalue weighted by atomic mass is 16.3. The number of hydrogen-bond acceptors (Lipinski definition) is 3. The molecule has 0 aliphatic heterocycles. The molecule has 0 aliphatic carbocycles. The Labute approximate surface area is 84.7 Å². The van der Waals surface area contributed by atoms with Gasteiger partial charge in [-0.15, -0.1) is 0 Å². The largest absolute Gasteiger partial charge is 0.507 e. The molecule has 0 bridgehead atoms. The first-order valence-corrected chi connectivity index (χ1v) is 4.83. The molecule has 0 saturated heterocycles. The second-order valence-corrected chi connectivity index (χ2v) is 3.67. The van der Waals surface area contributed by atoms with E-state index < -0.39 is 0 Å². The second kappa shape index (κ2) is 3.88. The Balaban J connectivity index is 3.33. The van der Waals surface area contributed by atoms with Gasteiger partial charge in [-0.25, -0.2) is 0 Å². The van der Waals surface area contributed by atoms with Crippen molar-refractivity contribution in [1.29, 1.82) is 0 Å². The van der Waals surface area contributed by atoms with Crippen molar-refractivity contribution >= 4 is 5.69 Å². The van der Waals surface area contributed by atoms with Crippen LogP contribution in [0.5, 0.6) is 5.75 Å². The van der Waals surface area contributed by atoms with Gasteiger partial charge in [-0.05, 0) is 37.5 Å². The van der Waals surface area contributed by atoms with Gasteiger partial charge < -0.3 is 16.6 Å². The van der Waals surface area contributed by atoms with E-state index in [-0.39, 0.29) is 11.8 Å². The molecule has 1 unspecified atom stereocenters. The molecule has 0 heterocycles. The molecule has 1 rings (SSSR count). The number of aromatic hydroxyl groups is 1. The minimum Gasteiger partial charge on any atom is -0.507 e. The quantitative estimate of drug-likeness (QED) is 0.498. The van der Waals surface area contributed by atoms with Crippen molar-refractivity contribution in [3.05, 3.63) is 22.8 Å². The SMILES string of the molecule is CCC(N)c1cc(N)c(C)c(C)c1O. The van der Waals surface area contributed by atoms with Gasteiger partial charge in [0.05, 0.1) is 0 Å². The van der Waals surface area contributed by atoms with E-state index in [1.165, 1.54) is 0 Å². The molecule has 1 atom stereocenters. The van der Waals surface area contributed by atoms with Crippen LogP contribution in [0.25, 0.3) is 0 Å². The van der Waals surface area contributed by atoms with Crippen molar-refractivity contribution < 1.29 is 5.11 Å². The van der Waals surface area contributed by atoms with Crippen molar-refractivity contribution in [3.8, 4) is 5.75 Å². The van der Waals surface area contributed by atoms with Gasteiger partial charge in [-0.1, -0.05) is 6.92 Å². The fraction of sp³-hybridized carbons (Fsp3) is 0.455. The highest BCUT2D eigenvalue weighted by Gasteiger charge is 2.14. The molecule has 3 heteroatoms. The lowest BCUT2D eigenvalue weighted by Gasteiger charge is -2.16. The van der Waals surface area contributed by atoms with Crippen LogP contribution in [0.1, 0.15) is 36.1 Å². The first kappa shape index (κ1) is 10.9. The molecule has 0 amide bonds. The summed E-state index contributed by atoms with van der Waals surface area (Å²) in [5.74, 6) is 0.283. The van der Waals surface area contributed by atoms with Crippen molar-refractivity contribution in [2.45, 2.75) is 33.2 Å². The van der Waals surface area contributed by atoms with Crippen LogP contribution in [-0.2, 0) is 0 Å². The Morgan fingerprint density at radius 2 is 1.93 bits per heavy atom. The van der Waals surface area contributed by atoms with E-state index >= 15 is 0 Å². The van der Waals surface area contributed by atoms with Crippen LogP contribution in [0.3, 0.4) is 0 Å². The highest BCUT2D eigenvalue weighted by molar-refractivity contribution is 5.59. The zero-order chi connectivity index (χ0) is 10.9. The third-order valence-corrected chi connectivity index (χ3v) is 2.77. The summed E-state index contributed by atoms with van der Waals surface area (Å²) >= 11 is 0. The fourth-order valence-electron chi connectivity index (χ4n) is 1.46. The summed E-state index contributed by atoms with van der Waals surface area (Å²) in [6, 6.07) is 1.63.